The lowest BCUT2D eigenvalue weighted by atomic mass is 10.1. The maximum Gasteiger partial charge on any atom is 0.261 e. The van der Waals surface area contributed by atoms with Crippen LogP contribution in [0, 0.1) is 0 Å². The molecule has 4 rings (SSSR count). The van der Waals surface area contributed by atoms with E-state index in [0.29, 0.717) is 44.1 Å². The Bertz CT molecular complexity index is 1280. The fourth-order valence-corrected chi connectivity index (χ4v) is 5.14. The Kier molecular flexibility index (Phi) is 9.06. The molecule has 192 valence electrons. The average Bonchev–Trinajstić information content (AvgIpc) is 2.89. The van der Waals surface area contributed by atoms with Gasteiger partial charge in [0.15, 0.2) is 0 Å². The summed E-state index contributed by atoms with van der Waals surface area (Å²) in [5.41, 5.74) is 1.55. The summed E-state index contributed by atoms with van der Waals surface area (Å²) in [5.74, 6) is 1.17. The first-order chi connectivity index (χ1) is 16.9. The molecule has 1 aliphatic heterocycles. The number of ether oxygens (including phenoxy) is 2. The quantitative estimate of drug-likeness (QED) is 0.465. The summed E-state index contributed by atoms with van der Waals surface area (Å²) in [7, 11) is -2.24. The number of piperazine rings is 1. The summed E-state index contributed by atoms with van der Waals surface area (Å²) in [5, 5.41) is 0. The van der Waals surface area contributed by atoms with E-state index in [2.05, 4.69) is 9.62 Å². The van der Waals surface area contributed by atoms with Crippen LogP contribution in [0.2, 0.25) is 0 Å². The molecule has 3 aromatic carbocycles. The van der Waals surface area contributed by atoms with Gasteiger partial charge in [0.2, 0.25) is 0 Å². The van der Waals surface area contributed by atoms with Crippen molar-refractivity contribution in [1.82, 2.24) is 4.90 Å². The van der Waals surface area contributed by atoms with E-state index in [4.69, 9.17) is 9.47 Å². The number of anilines is 2. The van der Waals surface area contributed by atoms with Crippen molar-refractivity contribution in [3.63, 3.8) is 0 Å². The number of rotatable bonds is 8. The van der Waals surface area contributed by atoms with Crippen LogP contribution in [0.4, 0.5) is 11.4 Å². The number of para-hydroxylation sites is 3. The SMILES string of the molecule is CCOc1ccc(S(=O)(=O)Nc2ccccc2C(=O)N2CCN(c3ccccc3OC)CC2)cc1.[Cl-]. The molecule has 0 saturated carbocycles. The second-order valence-electron chi connectivity index (χ2n) is 8.01. The minimum atomic E-state index is -3.88. The van der Waals surface area contributed by atoms with Gasteiger partial charge in [-0.25, -0.2) is 8.42 Å². The maximum absolute atomic E-state index is 13.4. The third-order valence-corrected chi connectivity index (χ3v) is 7.22. The summed E-state index contributed by atoms with van der Waals surface area (Å²) in [6.45, 7) is 4.66. The van der Waals surface area contributed by atoms with Crippen molar-refractivity contribution in [2.45, 2.75) is 11.8 Å². The number of nitrogens with zero attached hydrogens (tertiary/aromatic N) is 2. The molecule has 36 heavy (non-hydrogen) atoms. The number of halogens is 1. The number of benzene rings is 3. The first-order valence-corrected chi connectivity index (χ1v) is 12.9. The highest BCUT2D eigenvalue weighted by molar-refractivity contribution is 7.92. The zero-order valence-corrected chi connectivity index (χ0v) is 21.8. The van der Waals surface area contributed by atoms with E-state index in [9.17, 15) is 13.2 Å². The van der Waals surface area contributed by atoms with Crippen LogP contribution in [0.3, 0.4) is 0 Å². The summed E-state index contributed by atoms with van der Waals surface area (Å²) in [6.07, 6.45) is 0. The Labute approximate surface area is 218 Å². The minimum Gasteiger partial charge on any atom is -1.00 e. The summed E-state index contributed by atoms with van der Waals surface area (Å²) < 4.78 is 39.4. The lowest BCUT2D eigenvalue weighted by Gasteiger charge is -2.36. The Morgan fingerprint density at radius 2 is 1.56 bits per heavy atom. The fourth-order valence-electron chi connectivity index (χ4n) is 4.06. The number of amides is 1. The Hall–Kier alpha value is -3.43. The second-order valence-corrected chi connectivity index (χ2v) is 9.69. The molecular formula is C26H29ClN3O5S-. The molecular weight excluding hydrogens is 502 g/mol. The van der Waals surface area contributed by atoms with Gasteiger partial charge in [0.25, 0.3) is 15.9 Å². The molecule has 1 heterocycles. The van der Waals surface area contributed by atoms with Crippen molar-refractivity contribution < 1.29 is 35.1 Å². The smallest absolute Gasteiger partial charge is 0.261 e. The van der Waals surface area contributed by atoms with Crippen LogP contribution in [0.25, 0.3) is 0 Å². The predicted molar refractivity (Wildman–Crippen MR) is 136 cm³/mol. The van der Waals surface area contributed by atoms with E-state index < -0.39 is 10.0 Å². The molecule has 10 heteroatoms. The van der Waals surface area contributed by atoms with Gasteiger partial charge in [0.1, 0.15) is 11.5 Å². The Balaban J connectivity index is 0.00000361. The second kappa shape index (κ2) is 12.0. The molecule has 8 nitrogen and oxygen atoms in total. The van der Waals surface area contributed by atoms with E-state index in [0.717, 1.165) is 11.4 Å². The Morgan fingerprint density at radius 1 is 0.917 bits per heavy atom. The Morgan fingerprint density at radius 3 is 2.22 bits per heavy atom. The highest BCUT2D eigenvalue weighted by atomic mass is 35.5. The highest BCUT2D eigenvalue weighted by Gasteiger charge is 2.26. The molecule has 1 amide bonds. The first kappa shape index (κ1) is 27.2. The molecule has 3 aromatic rings. The number of methoxy groups -OCH3 is 1. The molecule has 0 bridgehead atoms. The minimum absolute atomic E-state index is 0. The van der Waals surface area contributed by atoms with Gasteiger partial charge in [-0.2, -0.15) is 0 Å². The number of nitrogens with one attached hydrogen (secondary N) is 1. The molecule has 0 aromatic heterocycles. The number of sulfonamides is 1. The van der Waals surface area contributed by atoms with Crippen molar-refractivity contribution in [3.8, 4) is 11.5 Å². The monoisotopic (exact) mass is 530 g/mol. The summed E-state index contributed by atoms with van der Waals surface area (Å²) in [4.78, 5) is 17.4. The van der Waals surface area contributed by atoms with Crippen molar-refractivity contribution in [2.75, 3.05) is 49.5 Å². The highest BCUT2D eigenvalue weighted by Crippen LogP contribution is 2.29. The fraction of sp³-hybridized carbons (Fsp3) is 0.269. The summed E-state index contributed by atoms with van der Waals surface area (Å²) >= 11 is 0. The van der Waals surface area contributed by atoms with Crippen LogP contribution >= 0.6 is 0 Å². The van der Waals surface area contributed by atoms with Gasteiger partial charge in [-0.3, -0.25) is 9.52 Å². The zero-order chi connectivity index (χ0) is 24.8. The van der Waals surface area contributed by atoms with Gasteiger partial charge in [-0.15, -0.1) is 0 Å². The third-order valence-electron chi connectivity index (χ3n) is 5.84. The molecule has 0 radical (unpaired) electrons. The summed E-state index contributed by atoms with van der Waals surface area (Å²) in [6, 6.07) is 20.7. The van der Waals surface area contributed by atoms with Gasteiger partial charge >= 0.3 is 0 Å². The van der Waals surface area contributed by atoms with E-state index in [1.807, 2.05) is 31.2 Å². The van der Waals surface area contributed by atoms with Gasteiger partial charge < -0.3 is 31.7 Å². The van der Waals surface area contributed by atoms with Crippen LogP contribution in [-0.4, -0.2) is 59.1 Å². The van der Waals surface area contributed by atoms with Crippen LogP contribution in [0.1, 0.15) is 17.3 Å². The lowest BCUT2D eigenvalue weighted by molar-refractivity contribution is -0.0000202. The van der Waals surface area contributed by atoms with Crippen LogP contribution < -0.4 is 31.5 Å². The van der Waals surface area contributed by atoms with Gasteiger partial charge in [-0.05, 0) is 55.5 Å². The maximum atomic E-state index is 13.4. The molecule has 1 fully saturated rings. The molecule has 0 atom stereocenters. The van der Waals surface area contributed by atoms with Crippen molar-refractivity contribution in [1.29, 1.82) is 0 Å². The molecule has 0 unspecified atom stereocenters. The molecule has 1 saturated heterocycles. The topological polar surface area (TPSA) is 88.2 Å². The normalized spacial score (nSPS) is 13.5. The zero-order valence-electron chi connectivity index (χ0n) is 20.2. The molecule has 1 N–H and O–H groups in total. The molecule has 1 aliphatic rings. The van der Waals surface area contributed by atoms with E-state index in [1.54, 1.807) is 48.4 Å². The van der Waals surface area contributed by atoms with Crippen molar-refractivity contribution in [2.24, 2.45) is 0 Å². The van der Waals surface area contributed by atoms with Gasteiger partial charge in [-0.1, -0.05) is 24.3 Å². The predicted octanol–water partition coefficient (Wildman–Crippen LogP) is 0.861. The van der Waals surface area contributed by atoms with E-state index >= 15 is 0 Å². The molecule has 0 spiro atoms. The van der Waals surface area contributed by atoms with Crippen LogP contribution in [0.15, 0.2) is 77.7 Å². The van der Waals surface area contributed by atoms with E-state index in [-0.39, 0.29) is 28.9 Å². The number of carbonyl (C=O) groups is 1. The first-order valence-electron chi connectivity index (χ1n) is 11.4. The van der Waals surface area contributed by atoms with Crippen molar-refractivity contribution in [3.05, 3.63) is 78.4 Å². The standard InChI is InChI=1S/C26H29N3O5S.ClH/c1-3-34-20-12-14-21(15-13-20)35(31,32)27-23-9-5-4-8-22(23)26(30)29-18-16-28(17-19-29)24-10-6-7-11-25(24)33-2;/h4-15,27H,3,16-19H2,1-2H3;1H/p-1. The number of hydrogen-bond acceptors (Lipinski definition) is 6. The van der Waals surface area contributed by atoms with Gasteiger partial charge in [0, 0.05) is 26.2 Å². The third kappa shape index (κ3) is 6.03. The van der Waals surface area contributed by atoms with Gasteiger partial charge in [0.05, 0.1) is 35.6 Å². The van der Waals surface area contributed by atoms with E-state index in [1.165, 1.54) is 12.1 Å². The average molecular weight is 531 g/mol. The lowest BCUT2D eigenvalue weighted by Crippen LogP contribution is -3.00. The van der Waals surface area contributed by atoms with Crippen LogP contribution in [-0.2, 0) is 10.0 Å². The van der Waals surface area contributed by atoms with Crippen LogP contribution in [0.5, 0.6) is 11.5 Å². The molecule has 0 aliphatic carbocycles. The van der Waals surface area contributed by atoms with Crippen molar-refractivity contribution >= 4 is 27.3 Å². The largest absolute Gasteiger partial charge is 1.00 e. The number of carbonyl (C=O) groups excluding carboxylic acids is 1. The number of hydrogen-bond donors (Lipinski definition) is 1.